The van der Waals surface area contributed by atoms with Crippen LogP contribution in [0.1, 0.15) is 12.8 Å². The molecule has 1 aromatic rings. The molecule has 88 valence electrons. The van der Waals surface area contributed by atoms with E-state index in [1.807, 2.05) is 0 Å². The molecule has 1 amide bonds. The van der Waals surface area contributed by atoms with Crippen molar-refractivity contribution in [2.45, 2.75) is 12.8 Å². The number of carbonyl (C=O) groups is 1. The molecule has 5 heteroatoms. The number of hydrogen-bond acceptors (Lipinski definition) is 2. The molecule has 16 heavy (non-hydrogen) atoms. The van der Waals surface area contributed by atoms with Crippen molar-refractivity contribution in [1.29, 1.82) is 0 Å². The maximum Gasteiger partial charge on any atom is 0.226 e. The number of halogens is 2. The molecule has 0 aliphatic rings. The summed E-state index contributed by atoms with van der Waals surface area (Å²) in [4.78, 5) is 13.1. The van der Waals surface area contributed by atoms with Crippen molar-refractivity contribution in [1.82, 2.24) is 0 Å². The Bertz CT molecular complexity index is 382. The van der Waals surface area contributed by atoms with Gasteiger partial charge in [-0.05, 0) is 24.6 Å². The molecule has 0 aliphatic carbocycles. The topological polar surface area (TPSA) is 40.5 Å². The van der Waals surface area contributed by atoms with Crippen LogP contribution in [0.15, 0.2) is 18.2 Å². The number of benzene rings is 1. The molecule has 0 saturated heterocycles. The molecule has 0 spiro atoms. The number of aliphatic hydroxyl groups excluding tert-OH is 1. The van der Waals surface area contributed by atoms with E-state index in [0.717, 1.165) is 0 Å². The first kappa shape index (κ1) is 13.3. The molecule has 0 heterocycles. The van der Waals surface area contributed by atoms with Crippen LogP contribution in [0.4, 0.5) is 5.69 Å². The Morgan fingerprint density at radius 3 is 2.62 bits per heavy atom. The number of hydrogen-bond donors (Lipinski definition) is 1. The summed E-state index contributed by atoms with van der Waals surface area (Å²) in [6.07, 6.45) is 0.776. The number of nitrogens with zero attached hydrogens (tertiary/aromatic N) is 1. The van der Waals surface area contributed by atoms with Crippen LogP contribution in [0.25, 0.3) is 0 Å². The van der Waals surface area contributed by atoms with Gasteiger partial charge in [0.1, 0.15) is 0 Å². The molecule has 0 radical (unpaired) electrons. The minimum Gasteiger partial charge on any atom is -0.396 e. The molecule has 0 atom stereocenters. The normalized spacial score (nSPS) is 10.2. The van der Waals surface area contributed by atoms with Crippen LogP contribution in [-0.2, 0) is 4.79 Å². The van der Waals surface area contributed by atoms with Crippen LogP contribution in [0, 0.1) is 0 Å². The number of amides is 1. The third-order valence-corrected chi connectivity index (χ3v) is 2.95. The Kier molecular flexibility index (Phi) is 5.06. The third-order valence-electron chi connectivity index (χ3n) is 2.21. The second kappa shape index (κ2) is 6.09. The summed E-state index contributed by atoms with van der Waals surface area (Å²) in [6, 6.07) is 5.01. The third kappa shape index (κ3) is 3.37. The predicted octanol–water partition coefficient (Wildman–Crippen LogP) is 2.73. The minimum absolute atomic E-state index is 0.0148. The molecular formula is C11H13Cl2NO2. The van der Waals surface area contributed by atoms with Crippen LogP contribution in [0.3, 0.4) is 0 Å². The van der Waals surface area contributed by atoms with Gasteiger partial charge in [0.2, 0.25) is 5.91 Å². The maximum atomic E-state index is 11.6. The van der Waals surface area contributed by atoms with Crippen molar-refractivity contribution >= 4 is 34.8 Å². The van der Waals surface area contributed by atoms with Gasteiger partial charge in [0.25, 0.3) is 0 Å². The van der Waals surface area contributed by atoms with Gasteiger partial charge >= 0.3 is 0 Å². The van der Waals surface area contributed by atoms with Crippen molar-refractivity contribution in [3.05, 3.63) is 28.2 Å². The van der Waals surface area contributed by atoms with Gasteiger partial charge in [-0.1, -0.05) is 23.2 Å². The van der Waals surface area contributed by atoms with E-state index < -0.39 is 0 Å². The highest BCUT2D eigenvalue weighted by Gasteiger charge is 2.11. The Hall–Kier alpha value is -0.770. The summed E-state index contributed by atoms with van der Waals surface area (Å²) >= 11 is 11.6. The van der Waals surface area contributed by atoms with Gasteiger partial charge in [0, 0.05) is 25.8 Å². The second-order valence-corrected chi connectivity index (χ2v) is 4.19. The van der Waals surface area contributed by atoms with E-state index in [0.29, 0.717) is 28.6 Å². The number of rotatable bonds is 4. The van der Waals surface area contributed by atoms with Gasteiger partial charge in [-0.3, -0.25) is 4.79 Å². The molecule has 0 saturated carbocycles. The lowest BCUT2D eigenvalue weighted by atomic mass is 10.2. The van der Waals surface area contributed by atoms with E-state index in [2.05, 4.69) is 0 Å². The first-order valence-electron chi connectivity index (χ1n) is 4.88. The van der Waals surface area contributed by atoms with E-state index >= 15 is 0 Å². The number of aliphatic hydroxyl groups is 1. The molecular weight excluding hydrogens is 249 g/mol. The van der Waals surface area contributed by atoms with Gasteiger partial charge in [0.15, 0.2) is 0 Å². The monoisotopic (exact) mass is 261 g/mol. The van der Waals surface area contributed by atoms with E-state index in [1.54, 1.807) is 25.2 Å². The lowest BCUT2D eigenvalue weighted by Gasteiger charge is -2.17. The Labute approximate surface area is 105 Å². The summed E-state index contributed by atoms with van der Waals surface area (Å²) in [5.74, 6) is -0.0626. The molecule has 3 nitrogen and oxygen atoms in total. The molecule has 0 unspecified atom stereocenters. The van der Waals surface area contributed by atoms with Gasteiger partial charge in [0.05, 0.1) is 10.0 Å². The van der Waals surface area contributed by atoms with Gasteiger partial charge in [-0.2, -0.15) is 0 Å². The molecule has 1 rings (SSSR count). The summed E-state index contributed by atoms with van der Waals surface area (Å²) in [5.41, 5.74) is 0.692. The first-order chi connectivity index (χ1) is 7.56. The van der Waals surface area contributed by atoms with Crippen molar-refractivity contribution in [3.63, 3.8) is 0 Å². The average molecular weight is 262 g/mol. The molecule has 1 aromatic carbocycles. The van der Waals surface area contributed by atoms with Crippen molar-refractivity contribution in [2.75, 3.05) is 18.6 Å². The van der Waals surface area contributed by atoms with Crippen LogP contribution < -0.4 is 4.90 Å². The smallest absolute Gasteiger partial charge is 0.226 e. The van der Waals surface area contributed by atoms with Gasteiger partial charge < -0.3 is 10.0 Å². The van der Waals surface area contributed by atoms with E-state index in [1.165, 1.54) is 4.90 Å². The predicted molar refractivity (Wildman–Crippen MR) is 66.2 cm³/mol. The summed E-state index contributed by atoms with van der Waals surface area (Å²) in [5, 5.41) is 9.52. The lowest BCUT2D eigenvalue weighted by Crippen LogP contribution is -2.26. The fraction of sp³-hybridized carbons (Fsp3) is 0.364. The average Bonchev–Trinajstić information content (AvgIpc) is 2.28. The van der Waals surface area contributed by atoms with Crippen molar-refractivity contribution in [3.8, 4) is 0 Å². The zero-order valence-electron chi connectivity index (χ0n) is 8.91. The zero-order chi connectivity index (χ0) is 12.1. The van der Waals surface area contributed by atoms with Crippen molar-refractivity contribution < 1.29 is 9.90 Å². The molecule has 0 bridgehead atoms. The Morgan fingerprint density at radius 2 is 2.06 bits per heavy atom. The SMILES string of the molecule is CN(C(=O)CCCO)c1ccc(Cl)c(Cl)c1. The van der Waals surface area contributed by atoms with Crippen LogP contribution >= 0.6 is 23.2 Å². The largest absolute Gasteiger partial charge is 0.396 e. The Morgan fingerprint density at radius 1 is 1.38 bits per heavy atom. The fourth-order valence-electron chi connectivity index (χ4n) is 1.24. The number of anilines is 1. The zero-order valence-corrected chi connectivity index (χ0v) is 10.4. The fourth-order valence-corrected chi connectivity index (χ4v) is 1.53. The van der Waals surface area contributed by atoms with Crippen LogP contribution in [-0.4, -0.2) is 24.7 Å². The molecule has 0 aromatic heterocycles. The molecule has 1 N–H and O–H groups in total. The highest BCUT2D eigenvalue weighted by molar-refractivity contribution is 6.42. The van der Waals surface area contributed by atoms with Crippen molar-refractivity contribution in [2.24, 2.45) is 0 Å². The lowest BCUT2D eigenvalue weighted by molar-refractivity contribution is -0.118. The first-order valence-corrected chi connectivity index (χ1v) is 5.64. The highest BCUT2D eigenvalue weighted by Crippen LogP contribution is 2.26. The van der Waals surface area contributed by atoms with E-state index in [9.17, 15) is 4.79 Å². The van der Waals surface area contributed by atoms with Gasteiger partial charge in [-0.15, -0.1) is 0 Å². The Balaban J connectivity index is 2.75. The second-order valence-electron chi connectivity index (χ2n) is 3.38. The van der Waals surface area contributed by atoms with Gasteiger partial charge in [-0.25, -0.2) is 0 Å². The summed E-state index contributed by atoms with van der Waals surface area (Å²) in [6.45, 7) is 0.0148. The number of carbonyl (C=O) groups excluding carboxylic acids is 1. The van der Waals surface area contributed by atoms with Crippen LogP contribution in [0.5, 0.6) is 0 Å². The highest BCUT2D eigenvalue weighted by atomic mass is 35.5. The quantitative estimate of drug-likeness (QED) is 0.906. The summed E-state index contributed by atoms with van der Waals surface area (Å²) in [7, 11) is 1.67. The van der Waals surface area contributed by atoms with Crippen LogP contribution in [0.2, 0.25) is 10.0 Å². The standard InChI is InChI=1S/C11H13Cl2NO2/c1-14(11(16)3-2-6-15)8-4-5-9(12)10(13)7-8/h4-5,7,15H,2-3,6H2,1H3. The maximum absolute atomic E-state index is 11.6. The minimum atomic E-state index is -0.0626. The summed E-state index contributed by atoms with van der Waals surface area (Å²) < 4.78 is 0. The van der Waals surface area contributed by atoms with E-state index in [-0.39, 0.29) is 12.5 Å². The molecule has 0 aliphatic heterocycles. The van der Waals surface area contributed by atoms with E-state index in [4.69, 9.17) is 28.3 Å². The molecule has 0 fully saturated rings.